The highest BCUT2D eigenvalue weighted by Gasteiger charge is 2.36. The molecule has 32 heavy (non-hydrogen) atoms. The van der Waals surface area contributed by atoms with Crippen LogP contribution in [0.15, 0.2) is 60.9 Å². The number of benzene rings is 2. The molecule has 3 unspecified atom stereocenters. The Hall–Kier alpha value is -2.25. The molecule has 3 aromatic rings. The van der Waals surface area contributed by atoms with Gasteiger partial charge in [-0.15, -0.1) is 12.4 Å². The van der Waals surface area contributed by atoms with Gasteiger partial charge in [0.2, 0.25) is 0 Å². The van der Waals surface area contributed by atoms with Gasteiger partial charge in [0.05, 0.1) is 25.0 Å². The number of halogens is 2. The summed E-state index contributed by atoms with van der Waals surface area (Å²) < 4.78 is 34.7. The van der Waals surface area contributed by atoms with E-state index in [1.807, 2.05) is 41.0 Å². The summed E-state index contributed by atoms with van der Waals surface area (Å²) in [5, 5.41) is 0. The second kappa shape index (κ2) is 11.6. The van der Waals surface area contributed by atoms with Crippen LogP contribution in [0, 0.1) is 5.82 Å². The summed E-state index contributed by atoms with van der Waals surface area (Å²) in [5.41, 5.74) is 2.33. The van der Waals surface area contributed by atoms with Crippen molar-refractivity contribution in [3.05, 3.63) is 83.7 Å². The Labute approximate surface area is 194 Å². The van der Waals surface area contributed by atoms with Crippen LogP contribution in [0.2, 0.25) is 0 Å². The van der Waals surface area contributed by atoms with Gasteiger partial charge in [0.1, 0.15) is 23.8 Å². The summed E-state index contributed by atoms with van der Waals surface area (Å²) in [6.45, 7) is 2.98. The lowest BCUT2D eigenvalue weighted by molar-refractivity contribution is -0.175. The van der Waals surface area contributed by atoms with Crippen molar-refractivity contribution in [2.75, 3.05) is 13.7 Å². The third-order valence-corrected chi connectivity index (χ3v) is 5.70. The lowest BCUT2D eigenvalue weighted by Gasteiger charge is -2.37. The van der Waals surface area contributed by atoms with E-state index in [1.54, 1.807) is 25.6 Å². The largest absolute Gasteiger partial charge is 0.379 e. The molecule has 1 saturated heterocycles. The molecule has 0 N–H and O–H groups in total. The van der Waals surface area contributed by atoms with Crippen LogP contribution in [0.1, 0.15) is 42.8 Å². The Kier molecular flexibility index (Phi) is 8.82. The molecule has 0 spiro atoms. The maximum atomic E-state index is 14.9. The van der Waals surface area contributed by atoms with Crippen LogP contribution >= 0.6 is 12.4 Å². The van der Waals surface area contributed by atoms with Crippen LogP contribution in [0.5, 0.6) is 0 Å². The molecule has 172 valence electrons. The Morgan fingerprint density at radius 3 is 2.72 bits per heavy atom. The van der Waals surface area contributed by atoms with Gasteiger partial charge in [-0.1, -0.05) is 43.3 Å². The van der Waals surface area contributed by atoms with E-state index in [4.69, 9.17) is 14.2 Å². The first-order chi connectivity index (χ1) is 15.2. The second-order valence-corrected chi connectivity index (χ2v) is 7.79. The van der Waals surface area contributed by atoms with Gasteiger partial charge >= 0.3 is 0 Å². The van der Waals surface area contributed by atoms with Crippen molar-refractivity contribution in [2.45, 2.75) is 51.1 Å². The van der Waals surface area contributed by atoms with Gasteiger partial charge in [-0.3, -0.25) is 0 Å². The van der Waals surface area contributed by atoms with Crippen LogP contribution in [0.3, 0.4) is 0 Å². The molecule has 2 heterocycles. The summed E-state index contributed by atoms with van der Waals surface area (Å²) in [4.78, 5) is 4.34. The first-order valence-electron chi connectivity index (χ1n) is 10.8. The predicted molar refractivity (Wildman–Crippen MR) is 124 cm³/mol. The molecule has 3 atom stereocenters. The monoisotopic (exact) mass is 460 g/mol. The predicted octanol–water partition coefficient (Wildman–Crippen LogP) is 5.45. The molecule has 1 aromatic heterocycles. The minimum absolute atomic E-state index is 0. The van der Waals surface area contributed by atoms with Crippen molar-refractivity contribution in [1.29, 1.82) is 0 Å². The third kappa shape index (κ3) is 5.38. The van der Waals surface area contributed by atoms with Crippen molar-refractivity contribution in [1.82, 2.24) is 9.55 Å². The van der Waals surface area contributed by atoms with Crippen molar-refractivity contribution >= 4 is 12.4 Å². The van der Waals surface area contributed by atoms with Crippen LogP contribution < -0.4 is 0 Å². The minimum Gasteiger partial charge on any atom is -0.379 e. The van der Waals surface area contributed by atoms with Crippen LogP contribution in [0.25, 0.3) is 5.69 Å². The normalized spacial score (nSPS) is 20.7. The summed E-state index contributed by atoms with van der Waals surface area (Å²) in [5.74, 6) is 0.567. The lowest BCUT2D eigenvalue weighted by Crippen LogP contribution is -2.42. The number of aromatic nitrogens is 2. The van der Waals surface area contributed by atoms with Gasteiger partial charge in [-0.25, -0.2) is 9.37 Å². The molecule has 0 aliphatic carbocycles. The molecule has 0 radical (unpaired) electrons. The molecule has 5 nitrogen and oxygen atoms in total. The SMILES string of the molecule is CCCc1nccn1-c1ccc(COC2C(OC)CCOC2c2ccccc2)cc1F.Cl. The van der Waals surface area contributed by atoms with Crippen LogP contribution in [-0.2, 0) is 27.2 Å². The summed E-state index contributed by atoms with van der Waals surface area (Å²) >= 11 is 0. The fourth-order valence-corrected chi connectivity index (χ4v) is 4.13. The Morgan fingerprint density at radius 2 is 2.00 bits per heavy atom. The topological polar surface area (TPSA) is 45.5 Å². The minimum atomic E-state index is -0.292. The van der Waals surface area contributed by atoms with Crippen molar-refractivity contribution < 1.29 is 18.6 Å². The molecule has 1 aliphatic heterocycles. The summed E-state index contributed by atoms with van der Waals surface area (Å²) in [6, 6.07) is 15.2. The number of aryl methyl sites for hydroxylation is 1. The lowest BCUT2D eigenvalue weighted by atomic mass is 9.96. The molecule has 4 rings (SSSR count). The average molecular weight is 461 g/mol. The highest BCUT2D eigenvalue weighted by Crippen LogP contribution is 2.33. The third-order valence-electron chi connectivity index (χ3n) is 5.70. The standard InChI is InChI=1S/C25H29FN2O3.ClH/c1-3-7-23-27-13-14-28(23)21-11-10-18(16-20(21)26)17-31-25-22(29-2)12-15-30-24(25)19-8-5-4-6-9-19;/h4-6,8-11,13-14,16,22,24-25H,3,7,12,15,17H2,1-2H3;1H. The number of nitrogens with zero attached hydrogens (tertiary/aromatic N) is 2. The first-order valence-corrected chi connectivity index (χ1v) is 10.8. The van der Waals surface area contributed by atoms with E-state index in [1.165, 1.54) is 6.07 Å². The number of hydrogen-bond acceptors (Lipinski definition) is 4. The zero-order valence-electron chi connectivity index (χ0n) is 18.4. The molecule has 0 saturated carbocycles. The van der Waals surface area contributed by atoms with Crippen molar-refractivity contribution in [3.8, 4) is 5.69 Å². The highest BCUT2D eigenvalue weighted by molar-refractivity contribution is 5.85. The maximum absolute atomic E-state index is 14.9. The van der Waals surface area contributed by atoms with E-state index in [0.29, 0.717) is 12.3 Å². The average Bonchev–Trinajstić information content (AvgIpc) is 3.26. The zero-order chi connectivity index (χ0) is 21.6. The summed E-state index contributed by atoms with van der Waals surface area (Å²) in [6.07, 6.45) is 5.46. The van der Waals surface area contributed by atoms with E-state index in [-0.39, 0.29) is 43.1 Å². The van der Waals surface area contributed by atoms with Crippen LogP contribution in [0.4, 0.5) is 4.39 Å². The quantitative estimate of drug-likeness (QED) is 0.448. The van der Waals surface area contributed by atoms with E-state index in [0.717, 1.165) is 36.2 Å². The Balaban J connectivity index is 0.00000289. The molecule has 7 heteroatoms. The van der Waals surface area contributed by atoms with Crippen molar-refractivity contribution in [2.24, 2.45) is 0 Å². The van der Waals surface area contributed by atoms with Crippen molar-refractivity contribution in [3.63, 3.8) is 0 Å². The highest BCUT2D eigenvalue weighted by atomic mass is 35.5. The van der Waals surface area contributed by atoms with Gasteiger partial charge in [-0.05, 0) is 36.1 Å². The molecular formula is C25H30ClFN2O3. The van der Waals surface area contributed by atoms with Gasteiger partial charge in [0.25, 0.3) is 0 Å². The van der Waals surface area contributed by atoms with E-state index in [9.17, 15) is 4.39 Å². The van der Waals surface area contributed by atoms with Crippen LogP contribution in [-0.4, -0.2) is 35.5 Å². The smallest absolute Gasteiger partial charge is 0.147 e. The Morgan fingerprint density at radius 1 is 1.19 bits per heavy atom. The molecular weight excluding hydrogens is 431 g/mol. The van der Waals surface area contributed by atoms with Gasteiger partial charge in [0, 0.05) is 25.9 Å². The summed E-state index contributed by atoms with van der Waals surface area (Å²) in [7, 11) is 1.70. The molecule has 1 fully saturated rings. The van der Waals surface area contributed by atoms with E-state index < -0.39 is 0 Å². The maximum Gasteiger partial charge on any atom is 0.147 e. The fourth-order valence-electron chi connectivity index (χ4n) is 4.13. The fraction of sp³-hybridized carbons (Fsp3) is 0.400. The van der Waals surface area contributed by atoms with Gasteiger partial charge in [-0.2, -0.15) is 0 Å². The molecule has 2 aromatic carbocycles. The molecule has 0 bridgehead atoms. The number of methoxy groups -OCH3 is 1. The van der Waals surface area contributed by atoms with E-state index in [2.05, 4.69) is 11.9 Å². The first kappa shape index (κ1) is 24.4. The number of rotatable bonds is 8. The second-order valence-electron chi connectivity index (χ2n) is 7.79. The number of hydrogen-bond donors (Lipinski definition) is 0. The number of ether oxygens (including phenoxy) is 3. The number of imidazole rings is 1. The van der Waals surface area contributed by atoms with Gasteiger partial charge in [0.15, 0.2) is 0 Å². The van der Waals surface area contributed by atoms with Gasteiger partial charge < -0.3 is 18.8 Å². The Bertz CT molecular complexity index is 982. The van der Waals surface area contributed by atoms with E-state index >= 15 is 0 Å². The molecule has 0 amide bonds. The zero-order valence-corrected chi connectivity index (χ0v) is 19.3. The molecule has 1 aliphatic rings.